The van der Waals surface area contributed by atoms with E-state index in [1.54, 1.807) is 14.2 Å². The molecule has 4 heteroatoms. The van der Waals surface area contributed by atoms with Gasteiger partial charge in [-0.15, -0.1) is 0 Å². The van der Waals surface area contributed by atoms with Gasteiger partial charge in [0.05, 0.1) is 14.2 Å². The lowest BCUT2D eigenvalue weighted by Gasteiger charge is -2.54. The minimum absolute atomic E-state index is 0.305. The monoisotopic (exact) mass is 372 g/mol. The first-order valence-corrected chi connectivity index (χ1v) is 10.9. The maximum atomic E-state index is 6.70. The summed E-state index contributed by atoms with van der Waals surface area (Å²) >= 11 is 0. The topological polar surface area (TPSA) is 47.7 Å². The number of piperidine rings is 1. The SMILES string of the molecule is CCCCC1CN2C(CC1N)c1cc(OC)c(OC)cc1C1CCCCC12. The summed E-state index contributed by atoms with van der Waals surface area (Å²) in [5.41, 5.74) is 9.64. The average Bonchev–Trinajstić information content (AvgIpc) is 2.71. The molecule has 27 heavy (non-hydrogen) atoms. The smallest absolute Gasteiger partial charge is 0.161 e. The highest BCUT2D eigenvalue weighted by Crippen LogP contribution is 2.52. The van der Waals surface area contributed by atoms with Crippen molar-refractivity contribution < 1.29 is 9.47 Å². The standard InChI is InChI=1S/C23H36N2O2/c1-4-5-8-15-14-25-20-10-7-6-9-16(20)17-11-22(26-2)23(27-3)12-18(17)21(25)13-19(15)24/h11-12,15-16,19-21H,4-10,13-14,24H2,1-3H3. The summed E-state index contributed by atoms with van der Waals surface area (Å²) in [4.78, 5) is 2.84. The Morgan fingerprint density at radius 3 is 2.48 bits per heavy atom. The van der Waals surface area contributed by atoms with Gasteiger partial charge in [0.2, 0.25) is 0 Å². The van der Waals surface area contributed by atoms with E-state index in [2.05, 4.69) is 24.0 Å². The second kappa shape index (κ2) is 8.00. The molecule has 1 aromatic rings. The molecule has 4 rings (SSSR count). The third-order valence-corrected chi connectivity index (χ3v) is 7.38. The minimum Gasteiger partial charge on any atom is -0.493 e. The number of rotatable bonds is 5. The number of benzene rings is 1. The van der Waals surface area contributed by atoms with Crippen LogP contribution in [0, 0.1) is 5.92 Å². The van der Waals surface area contributed by atoms with E-state index in [1.165, 1.54) is 62.6 Å². The lowest BCUT2D eigenvalue weighted by molar-refractivity contribution is 0.00839. The Bertz CT molecular complexity index is 662. The van der Waals surface area contributed by atoms with Crippen LogP contribution in [0.2, 0.25) is 0 Å². The Hall–Kier alpha value is -1.26. The zero-order chi connectivity index (χ0) is 19.0. The van der Waals surface area contributed by atoms with Crippen LogP contribution in [0.3, 0.4) is 0 Å². The van der Waals surface area contributed by atoms with Crippen LogP contribution in [0.15, 0.2) is 12.1 Å². The molecule has 0 amide bonds. The zero-order valence-corrected chi connectivity index (χ0v) is 17.2. The van der Waals surface area contributed by atoms with E-state index in [0.29, 0.717) is 30.0 Å². The van der Waals surface area contributed by atoms with Gasteiger partial charge in [0.1, 0.15) is 0 Å². The van der Waals surface area contributed by atoms with E-state index < -0.39 is 0 Å². The minimum atomic E-state index is 0.305. The third-order valence-electron chi connectivity index (χ3n) is 7.38. The predicted molar refractivity (Wildman–Crippen MR) is 110 cm³/mol. The molecule has 5 unspecified atom stereocenters. The summed E-state index contributed by atoms with van der Waals surface area (Å²) in [5, 5.41) is 0. The maximum Gasteiger partial charge on any atom is 0.161 e. The van der Waals surface area contributed by atoms with Gasteiger partial charge in [0.25, 0.3) is 0 Å². The van der Waals surface area contributed by atoms with E-state index >= 15 is 0 Å². The van der Waals surface area contributed by atoms with Crippen LogP contribution in [0.4, 0.5) is 0 Å². The summed E-state index contributed by atoms with van der Waals surface area (Å²) in [5.74, 6) is 3.00. The largest absolute Gasteiger partial charge is 0.493 e. The lowest BCUT2D eigenvalue weighted by atomic mass is 9.69. The summed E-state index contributed by atoms with van der Waals surface area (Å²) in [7, 11) is 3.48. The fraction of sp³-hybridized carbons (Fsp3) is 0.739. The molecule has 2 N–H and O–H groups in total. The van der Waals surface area contributed by atoms with Gasteiger partial charge >= 0.3 is 0 Å². The van der Waals surface area contributed by atoms with Crippen LogP contribution < -0.4 is 15.2 Å². The molecule has 2 heterocycles. The van der Waals surface area contributed by atoms with Crippen LogP contribution in [0.25, 0.3) is 0 Å². The normalized spacial score (nSPS) is 33.0. The van der Waals surface area contributed by atoms with Gasteiger partial charge in [-0.05, 0) is 60.8 Å². The molecule has 1 aliphatic carbocycles. The summed E-state index contributed by atoms with van der Waals surface area (Å²) < 4.78 is 11.3. The van der Waals surface area contributed by atoms with Gasteiger partial charge in [0.15, 0.2) is 11.5 Å². The van der Waals surface area contributed by atoms with Crippen molar-refractivity contribution in [1.29, 1.82) is 0 Å². The van der Waals surface area contributed by atoms with E-state index in [0.717, 1.165) is 17.9 Å². The molecule has 4 nitrogen and oxygen atoms in total. The molecule has 5 atom stereocenters. The second-order valence-electron chi connectivity index (χ2n) is 8.81. The molecular weight excluding hydrogens is 336 g/mol. The lowest BCUT2D eigenvalue weighted by Crippen LogP contribution is -2.56. The summed E-state index contributed by atoms with van der Waals surface area (Å²) in [6.07, 6.45) is 10.2. The Balaban J connectivity index is 1.73. The van der Waals surface area contributed by atoms with Crippen molar-refractivity contribution in [3.05, 3.63) is 23.3 Å². The fourth-order valence-corrected chi connectivity index (χ4v) is 5.95. The van der Waals surface area contributed by atoms with Gasteiger partial charge in [-0.3, -0.25) is 4.90 Å². The van der Waals surface area contributed by atoms with Gasteiger partial charge in [-0.1, -0.05) is 32.6 Å². The Morgan fingerprint density at radius 2 is 1.78 bits per heavy atom. The Kier molecular flexibility index (Phi) is 5.65. The van der Waals surface area contributed by atoms with Gasteiger partial charge in [-0.25, -0.2) is 0 Å². The Morgan fingerprint density at radius 1 is 1.07 bits per heavy atom. The highest BCUT2D eigenvalue weighted by atomic mass is 16.5. The third kappa shape index (κ3) is 3.36. The summed E-state index contributed by atoms with van der Waals surface area (Å²) in [6, 6.07) is 5.93. The van der Waals surface area contributed by atoms with Crippen molar-refractivity contribution >= 4 is 0 Å². The van der Waals surface area contributed by atoms with Crippen molar-refractivity contribution in [2.24, 2.45) is 11.7 Å². The van der Waals surface area contributed by atoms with Gasteiger partial charge in [0, 0.05) is 24.7 Å². The summed E-state index contributed by atoms with van der Waals surface area (Å²) in [6.45, 7) is 3.45. The first-order chi connectivity index (χ1) is 13.2. The van der Waals surface area contributed by atoms with Crippen molar-refractivity contribution in [1.82, 2.24) is 4.90 Å². The number of fused-ring (bicyclic) bond motifs is 6. The highest BCUT2D eigenvalue weighted by molar-refractivity contribution is 5.51. The molecule has 1 saturated heterocycles. The van der Waals surface area contributed by atoms with E-state index in [-0.39, 0.29) is 0 Å². The number of ether oxygens (including phenoxy) is 2. The van der Waals surface area contributed by atoms with Crippen molar-refractivity contribution in [2.75, 3.05) is 20.8 Å². The molecule has 2 aliphatic heterocycles. The molecule has 1 saturated carbocycles. The molecule has 0 aromatic heterocycles. The molecule has 150 valence electrons. The fourth-order valence-electron chi connectivity index (χ4n) is 5.95. The van der Waals surface area contributed by atoms with Crippen LogP contribution in [-0.4, -0.2) is 37.7 Å². The van der Waals surface area contributed by atoms with Crippen LogP contribution in [0.1, 0.15) is 81.4 Å². The molecule has 3 aliphatic rings. The molecule has 0 bridgehead atoms. The molecule has 0 radical (unpaired) electrons. The number of unbranched alkanes of at least 4 members (excludes halogenated alkanes) is 1. The van der Waals surface area contributed by atoms with Crippen LogP contribution >= 0.6 is 0 Å². The molecule has 2 fully saturated rings. The number of hydrogen-bond donors (Lipinski definition) is 1. The van der Waals surface area contributed by atoms with E-state index in [4.69, 9.17) is 15.2 Å². The number of nitrogens with zero attached hydrogens (tertiary/aromatic N) is 1. The van der Waals surface area contributed by atoms with Gasteiger partial charge in [-0.2, -0.15) is 0 Å². The highest BCUT2D eigenvalue weighted by Gasteiger charge is 2.46. The Labute approximate surface area is 164 Å². The van der Waals surface area contributed by atoms with Crippen LogP contribution in [0.5, 0.6) is 11.5 Å². The first kappa shape index (κ1) is 19.1. The predicted octanol–water partition coefficient (Wildman–Crippen LogP) is 4.62. The van der Waals surface area contributed by atoms with Crippen molar-refractivity contribution in [2.45, 2.75) is 82.3 Å². The second-order valence-corrected chi connectivity index (χ2v) is 8.81. The van der Waals surface area contributed by atoms with Crippen molar-refractivity contribution in [3.8, 4) is 11.5 Å². The van der Waals surface area contributed by atoms with Crippen molar-refractivity contribution in [3.63, 3.8) is 0 Å². The van der Waals surface area contributed by atoms with E-state index in [9.17, 15) is 0 Å². The molecule has 0 spiro atoms. The molecule has 1 aromatic carbocycles. The zero-order valence-electron chi connectivity index (χ0n) is 17.2. The maximum absolute atomic E-state index is 6.70. The number of hydrogen-bond acceptors (Lipinski definition) is 4. The quantitative estimate of drug-likeness (QED) is 0.819. The number of methoxy groups -OCH3 is 2. The van der Waals surface area contributed by atoms with E-state index in [1.807, 2.05) is 0 Å². The average molecular weight is 373 g/mol. The van der Waals surface area contributed by atoms with Gasteiger partial charge < -0.3 is 15.2 Å². The first-order valence-electron chi connectivity index (χ1n) is 10.9. The number of nitrogens with two attached hydrogens (primary N) is 1. The molecular formula is C23H36N2O2. The van der Waals surface area contributed by atoms with Crippen LogP contribution in [-0.2, 0) is 0 Å².